The van der Waals surface area contributed by atoms with E-state index in [0.29, 0.717) is 16.6 Å². The van der Waals surface area contributed by atoms with Crippen LogP contribution in [0.25, 0.3) is 11.1 Å². The highest BCUT2D eigenvalue weighted by Crippen LogP contribution is 2.17. The summed E-state index contributed by atoms with van der Waals surface area (Å²) in [4.78, 5) is 3.45. The van der Waals surface area contributed by atoms with Crippen LogP contribution in [0.3, 0.4) is 0 Å². The number of halogens is 1. The maximum Gasteiger partial charge on any atom is 0.489 e. The van der Waals surface area contributed by atoms with E-state index in [1.165, 1.54) is 12.3 Å². The molecule has 16 heavy (non-hydrogen) atoms. The Bertz CT molecular complexity index is 505. The maximum absolute atomic E-state index is 12.9. The fourth-order valence-electron chi connectivity index (χ4n) is 1.56. The third-order valence-corrected chi connectivity index (χ3v) is 2.28. The van der Waals surface area contributed by atoms with Crippen LogP contribution in [0.2, 0.25) is 0 Å². The Morgan fingerprint density at radius 3 is 2.56 bits per heavy atom. The molecule has 0 saturated carbocycles. The Kier molecular flexibility index (Phi) is 2.98. The van der Waals surface area contributed by atoms with E-state index in [1.807, 2.05) is 0 Å². The van der Waals surface area contributed by atoms with Gasteiger partial charge in [-0.05, 0) is 22.7 Å². The molecule has 0 unspecified atom stereocenters. The monoisotopic (exact) mass is 217 g/mol. The van der Waals surface area contributed by atoms with Gasteiger partial charge in [0.15, 0.2) is 0 Å². The number of nitrogens with zero attached hydrogens (tertiary/aromatic N) is 1. The molecule has 0 fully saturated rings. The third-order valence-electron chi connectivity index (χ3n) is 2.28. The lowest BCUT2D eigenvalue weighted by atomic mass is 9.75. The number of hydrogen-bond donors (Lipinski definition) is 2. The van der Waals surface area contributed by atoms with Crippen LogP contribution in [0, 0.1) is 5.95 Å². The minimum Gasteiger partial charge on any atom is -0.423 e. The number of benzene rings is 1. The molecule has 0 spiro atoms. The minimum absolute atomic E-state index is 0.341. The van der Waals surface area contributed by atoms with Gasteiger partial charge in [0.2, 0.25) is 5.95 Å². The summed E-state index contributed by atoms with van der Waals surface area (Å²) in [6, 6.07) is 9.59. The molecule has 1 heterocycles. The summed E-state index contributed by atoms with van der Waals surface area (Å²) in [7, 11) is -1.58. The molecule has 2 N–H and O–H groups in total. The molecule has 1 aromatic heterocycles. The van der Waals surface area contributed by atoms with E-state index in [9.17, 15) is 14.4 Å². The molecule has 0 bridgehead atoms. The second-order valence-corrected chi connectivity index (χ2v) is 3.33. The number of hydrogen-bond acceptors (Lipinski definition) is 3. The molecule has 0 radical (unpaired) electrons. The van der Waals surface area contributed by atoms with Gasteiger partial charge in [0.1, 0.15) is 0 Å². The number of pyridine rings is 1. The Balaban J connectivity index is 2.55. The van der Waals surface area contributed by atoms with Gasteiger partial charge in [-0.1, -0.05) is 24.3 Å². The molecular weight excluding hydrogens is 208 g/mol. The van der Waals surface area contributed by atoms with Crippen molar-refractivity contribution in [3.05, 3.63) is 48.5 Å². The maximum atomic E-state index is 12.9. The molecule has 0 aliphatic carbocycles. The first-order valence-electron chi connectivity index (χ1n) is 4.75. The summed E-state index contributed by atoms with van der Waals surface area (Å²) >= 11 is 0. The zero-order chi connectivity index (χ0) is 11.5. The van der Waals surface area contributed by atoms with E-state index in [0.717, 1.165) is 0 Å². The average molecular weight is 217 g/mol. The highest BCUT2D eigenvalue weighted by molar-refractivity contribution is 6.60. The van der Waals surface area contributed by atoms with Crippen molar-refractivity contribution in [2.24, 2.45) is 0 Å². The van der Waals surface area contributed by atoms with Crippen molar-refractivity contribution in [2.75, 3.05) is 0 Å². The lowest BCUT2D eigenvalue weighted by Gasteiger charge is -2.08. The molecule has 0 saturated heterocycles. The van der Waals surface area contributed by atoms with Crippen LogP contribution in [0.4, 0.5) is 4.39 Å². The van der Waals surface area contributed by atoms with Crippen molar-refractivity contribution in [3.8, 4) is 11.1 Å². The van der Waals surface area contributed by atoms with Crippen LogP contribution < -0.4 is 5.46 Å². The summed E-state index contributed by atoms with van der Waals surface area (Å²) < 4.78 is 12.9. The third kappa shape index (κ3) is 2.10. The lowest BCUT2D eigenvalue weighted by molar-refractivity contribution is 0.426. The SMILES string of the molecule is OB(O)c1ccccc1-c1ccnc(F)c1. The van der Waals surface area contributed by atoms with Crippen molar-refractivity contribution in [3.63, 3.8) is 0 Å². The average Bonchev–Trinajstić information content (AvgIpc) is 2.29. The molecule has 0 amide bonds. The predicted molar refractivity (Wildman–Crippen MR) is 59.5 cm³/mol. The van der Waals surface area contributed by atoms with Crippen LogP contribution in [0.15, 0.2) is 42.6 Å². The van der Waals surface area contributed by atoms with Crippen LogP contribution >= 0.6 is 0 Å². The molecule has 2 aromatic rings. The zero-order valence-corrected chi connectivity index (χ0v) is 8.34. The molecule has 0 aliphatic heterocycles. The summed E-state index contributed by atoms with van der Waals surface area (Å²) in [5.41, 5.74) is 1.49. The largest absolute Gasteiger partial charge is 0.489 e. The van der Waals surface area contributed by atoms with Crippen molar-refractivity contribution in [1.29, 1.82) is 0 Å². The molecule has 1 aromatic carbocycles. The van der Waals surface area contributed by atoms with E-state index >= 15 is 0 Å². The summed E-state index contributed by atoms with van der Waals surface area (Å²) in [5, 5.41) is 18.4. The van der Waals surface area contributed by atoms with Gasteiger partial charge in [0, 0.05) is 12.3 Å². The minimum atomic E-state index is -1.58. The Morgan fingerprint density at radius 1 is 1.12 bits per heavy atom. The van der Waals surface area contributed by atoms with Gasteiger partial charge in [-0.2, -0.15) is 4.39 Å². The first-order valence-corrected chi connectivity index (χ1v) is 4.75. The van der Waals surface area contributed by atoms with Gasteiger partial charge in [-0.15, -0.1) is 0 Å². The highest BCUT2D eigenvalue weighted by Gasteiger charge is 2.16. The number of aromatic nitrogens is 1. The zero-order valence-electron chi connectivity index (χ0n) is 8.34. The topological polar surface area (TPSA) is 53.4 Å². The molecule has 0 atom stereocenters. The number of rotatable bonds is 2. The van der Waals surface area contributed by atoms with Crippen LogP contribution in [-0.2, 0) is 0 Å². The molecule has 2 rings (SSSR count). The molecule has 0 aliphatic rings. The van der Waals surface area contributed by atoms with Crippen molar-refractivity contribution in [2.45, 2.75) is 0 Å². The lowest BCUT2D eigenvalue weighted by Crippen LogP contribution is -2.31. The normalized spacial score (nSPS) is 10.2. The van der Waals surface area contributed by atoms with E-state index in [4.69, 9.17) is 0 Å². The molecule has 80 valence electrons. The highest BCUT2D eigenvalue weighted by atomic mass is 19.1. The Morgan fingerprint density at radius 2 is 1.88 bits per heavy atom. The smallest absolute Gasteiger partial charge is 0.423 e. The quantitative estimate of drug-likeness (QED) is 0.571. The van der Waals surface area contributed by atoms with Crippen LogP contribution in [0.1, 0.15) is 0 Å². The van der Waals surface area contributed by atoms with Crippen LogP contribution in [-0.4, -0.2) is 22.2 Å². The van der Waals surface area contributed by atoms with Gasteiger partial charge in [-0.3, -0.25) is 0 Å². The summed E-state index contributed by atoms with van der Waals surface area (Å²) in [6.07, 6.45) is 1.34. The summed E-state index contributed by atoms with van der Waals surface area (Å²) in [5.74, 6) is -0.597. The standard InChI is InChI=1S/C11H9BFNO2/c13-11-7-8(5-6-14-11)9-3-1-2-4-10(9)12(15)16/h1-7,15-16H. The fourth-order valence-corrected chi connectivity index (χ4v) is 1.56. The van der Waals surface area contributed by atoms with E-state index in [1.54, 1.807) is 30.3 Å². The van der Waals surface area contributed by atoms with Gasteiger partial charge in [-0.25, -0.2) is 4.98 Å². The molecule has 5 heteroatoms. The first-order chi connectivity index (χ1) is 7.68. The van der Waals surface area contributed by atoms with Crippen molar-refractivity contribution < 1.29 is 14.4 Å². The predicted octanol–water partition coefficient (Wildman–Crippen LogP) is 0.567. The van der Waals surface area contributed by atoms with Gasteiger partial charge >= 0.3 is 7.12 Å². The Hall–Kier alpha value is -1.72. The van der Waals surface area contributed by atoms with Gasteiger partial charge in [0.05, 0.1) is 0 Å². The second-order valence-electron chi connectivity index (χ2n) is 3.33. The van der Waals surface area contributed by atoms with E-state index in [-0.39, 0.29) is 0 Å². The van der Waals surface area contributed by atoms with Crippen molar-refractivity contribution >= 4 is 12.6 Å². The van der Waals surface area contributed by atoms with Crippen molar-refractivity contribution in [1.82, 2.24) is 4.98 Å². The summed E-state index contributed by atoms with van der Waals surface area (Å²) in [6.45, 7) is 0. The first kappa shape index (κ1) is 10.8. The fraction of sp³-hybridized carbons (Fsp3) is 0. The van der Waals surface area contributed by atoms with Gasteiger partial charge in [0.25, 0.3) is 0 Å². The van der Waals surface area contributed by atoms with Crippen LogP contribution in [0.5, 0.6) is 0 Å². The Labute approximate surface area is 92.4 Å². The van der Waals surface area contributed by atoms with E-state index in [2.05, 4.69) is 4.98 Å². The second kappa shape index (κ2) is 4.43. The molecule has 3 nitrogen and oxygen atoms in total. The molecular formula is C11H9BFNO2. The van der Waals surface area contributed by atoms with Gasteiger partial charge < -0.3 is 10.0 Å². The van der Waals surface area contributed by atoms with E-state index < -0.39 is 13.1 Å².